The Morgan fingerprint density at radius 1 is 1.00 bits per heavy atom. The average Bonchev–Trinajstić information content (AvgIpc) is 3.31. The van der Waals surface area contributed by atoms with Crippen LogP contribution in [0.4, 0.5) is 4.39 Å². The highest BCUT2D eigenvalue weighted by Gasteiger charge is 2.29. The van der Waals surface area contributed by atoms with Crippen molar-refractivity contribution in [2.45, 2.75) is 51.2 Å². The Balaban J connectivity index is 1.27. The number of likely N-dealkylation sites (tertiary alicyclic amines) is 2. The summed E-state index contributed by atoms with van der Waals surface area (Å²) in [7, 11) is 0. The number of nitroso groups, excluding NO2 is 1. The molecule has 0 radical (unpaired) electrons. The molecule has 188 valence electrons. The number of amides is 1. The van der Waals surface area contributed by atoms with Gasteiger partial charge in [-0.05, 0) is 93.9 Å². The van der Waals surface area contributed by atoms with Crippen LogP contribution in [-0.4, -0.2) is 66.7 Å². The minimum absolute atomic E-state index is 0.0364. The van der Waals surface area contributed by atoms with Crippen LogP contribution in [0.25, 0.3) is 11.1 Å². The molecule has 2 aromatic carbocycles. The Morgan fingerprint density at radius 2 is 1.63 bits per heavy atom. The van der Waals surface area contributed by atoms with E-state index < -0.39 is 5.67 Å². The molecule has 1 atom stereocenters. The maximum absolute atomic E-state index is 13.9. The molecule has 0 spiro atoms. The summed E-state index contributed by atoms with van der Waals surface area (Å²) < 4.78 is 19.9. The van der Waals surface area contributed by atoms with E-state index in [0.717, 1.165) is 55.6 Å². The number of nitrogens with zero attached hydrogens (tertiary/aromatic N) is 3. The van der Waals surface area contributed by atoms with Gasteiger partial charge in [0.15, 0.2) is 0 Å². The summed E-state index contributed by atoms with van der Waals surface area (Å²) in [5, 5.41) is 2.99. The Kier molecular flexibility index (Phi) is 8.16. The van der Waals surface area contributed by atoms with Crippen LogP contribution in [0.2, 0.25) is 0 Å². The van der Waals surface area contributed by atoms with Gasteiger partial charge in [0.1, 0.15) is 18.0 Å². The number of carbonyl (C=O) groups is 1. The molecule has 1 amide bonds. The van der Waals surface area contributed by atoms with E-state index in [4.69, 9.17) is 4.74 Å². The second kappa shape index (κ2) is 11.3. The molecule has 2 heterocycles. The molecule has 0 saturated carbocycles. The van der Waals surface area contributed by atoms with E-state index in [1.807, 2.05) is 48.5 Å². The van der Waals surface area contributed by atoms with Crippen LogP contribution in [0.15, 0.2) is 53.7 Å². The van der Waals surface area contributed by atoms with Gasteiger partial charge in [-0.3, -0.25) is 4.79 Å². The Morgan fingerprint density at radius 3 is 2.23 bits per heavy atom. The summed E-state index contributed by atoms with van der Waals surface area (Å²) in [6.45, 7) is 7.13. The number of halogens is 1. The first-order chi connectivity index (χ1) is 16.8. The molecule has 0 aliphatic carbocycles. The average molecular weight is 482 g/mol. The summed E-state index contributed by atoms with van der Waals surface area (Å²) in [6.07, 6.45) is 3.81. The van der Waals surface area contributed by atoms with Crippen molar-refractivity contribution in [1.82, 2.24) is 9.80 Å². The van der Waals surface area contributed by atoms with Gasteiger partial charge in [0.05, 0.1) is 12.6 Å². The number of alkyl halides is 1. The number of piperidine rings is 1. The SMILES string of the molecule is CC(C)(F)CN1CCC(COc2ccc(-c3ccc(C(=O)N4CCC[C@H]4CN=O)cc3)cc2)CC1. The van der Waals surface area contributed by atoms with Gasteiger partial charge in [0.2, 0.25) is 0 Å². The third-order valence-electron chi connectivity index (χ3n) is 7.04. The maximum atomic E-state index is 13.9. The fourth-order valence-corrected chi connectivity index (χ4v) is 5.15. The van der Waals surface area contributed by atoms with E-state index in [2.05, 4.69) is 10.1 Å². The predicted molar refractivity (Wildman–Crippen MR) is 136 cm³/mol. The van der Waals surface area contributed by atoms with Gasteiger partial charge in [0, 0.05) is 18.7 Å². The summed E-state index contributed by atoms with van der Waals surface area (Å²) in [5.41, 5.74) is 1.58. The zero-order chi connectivity index (χ0) is 24.8. The first-order valence-electron chi connectivity index (χ1n) is 12.7. The molecule has 2 aliphatic heterocycles. The van der Waals surface area contributed by atoms with Crippen LogP contribution in [0.3, 0.4) is 0 Å². The van der Waals surface area contributed by atoms with E-state index >= 15 is 0 Å². The largest absolute Gasteiger partial charge is 0.493 e. The second-order valence-electron chi connectivity index (χ2n) is 10.5. The highest BCUT2D eigenvalue weighted by molar-refractivity contribution is 5.95. The van der Waals surface area contributed by atoms with Crippen molar-refractivity contribution >= 4 is 5.91 Å². The number of hydrogen-bond donors (Lipinski definition) is 0. The van der Waals surface area contributed by atoms with E-state index in [9.17, 15) is 14.1 Å². The summed E-state index contributed by atoms with van der Waals surface area (Å²) in [6, 6.07) is 15.6. The topological polar surface area (TPSA) is 62.2 Å². The van der Waals surface area contributed by atoms with E-state index in [1.165, 1.54) is 0 Å². The van der Waals surface area contributed by atoms with Gasteiger partial charge < -0.3 is 14.5 Å². The zero-order valence-corrected chi connectivity index (χ0v) is 20.8. The van der Waals surface area contributed by atoms with E-state index in [-0.39, 0.29) is 18.5 Å². The monoisotopic (exact) mass is 481 g/mol. The summed E-state index contributed by atoms with van der Waals surface area (Å²) in [5.74, 6) is 1.30. The lowest BCUT2D eigenvalue weighted by molar-refractivity contribution is 0.0741. The van der Waals surface area contributed by atoms with Crippen LogP contribution in [0.5, 0.6) is 5.75 Å². The molecule has 0 bridgehead atoms. The van der Waals surface area contributed by atoms with Crippen molar-refractivity contribution in [3.63, 3.8) is 0 Å². The van der Waals surface area contributed by atoms with Crippen molar-refractivity contribution in [1.29, 1.82) is 0 Å². The molecule has 0 N–H and O–H groups in total. The number of benzene rings is 2. The van der Waals surface area contributed by atoms with E-state index in [0.29, 0.717) is 31.2 Å². The summed E-state index contributed by atoms with van der Waals surface area (Å²) in [4.78, 5) is 27.5. The van der Waals surface area contributed by atoms with Crippen molar-refractivity contribution in [3.8, 4) is 16.9 Å². The lowest BCUT2D eigenvalue weighted by Crippen LogP contribution is -2.41. The molecule has 4 rings (SSSR count). The standard InChI is InChI=1S/C28H36FN3O3/c1-28(2,29)20-31-16-13-21(14-17-31)19-35-26-11-9-23(10-12-26)22-5-7-24(8-6-22)27(33)32-15-3-4-25(32)18-30-34/h5-12,21,25H,3-4,13-20H2,1-2H3/t25-/m0/s1. The Bertz CT molecular complexity index is 980. The minimum Gasteiger partial charge on any atom is -0.493 e. The fourth-order valence-electron chi connectivity index (χ4n) is 5.15. The molecule has 2 aromatic rings. The molecular weight excluding hydrogens is 445 g/mol. The Hall–Kier alpha value is -2.80. The minimum atomic E-state index is -1.15. The van der Waals surface area contributed by atoms with Gasteiger partial charge in [-0.2, -0.15) is 4.91 Å². The van der Waals surface area contributed by atoms with Crippen molar-refractivity contribution in [2.75, 3.05) is 39.3 Å². The van der Waals surface area contributed by atoms with Crippen LogP contribution < -0.4 is 4.74 Å². The molecule has 6 nitrogen and oxygen atoms in total. The third-order valence-corrected chi connectivity index (χ3v) is 7.04. The van der Waals surface area contributed by atoms with Crippen LogP contribution in [0, 0.1) is 10.8 Å². The number of rotatable bonds is 9. The third kappa shape index (κ3) is 6.88. The quantitative estimate of drug-likeness (QED) is 0.440. The highest BCUT2D eigenvalue weighted by Crippen LogP contribution is 2.26. The molecule has 35 heavy (non-hydrogen) atoms. The smallest absolute Gasteiger partial charge is 0.254 e. The lowest BCUT2D eigenvalue weighted by Gasteiger charge is -2.34. The van der Waals surface area contributed by atoms with Crippen LogP contribution >= 0.6 is 0 Å². The Labute approximate surface area is 207 Å². The number of ether oxygens (including phenoxy) is 1. The van der Waals surface area contributed by atoms with Crippen LogP contribution in [0.1, 0.15) is 49.9 Å². The molecule has 2 aliphatic rings. The van der Waals surface area contributed by atoms with Crippen molar-refractivity contribution in [2.24, 2.45) is 11.1 Å². The van der Waals surface area contributed by atoms with Gasteiger partial charge in [0.25, 0.3) is 5.91 Å². The van der Waals surface area contributed by atoms with Crippen LogP contribution in [-0.2, 0) is 0 Å². The lowest BCUT2D eigenvalue weighted by atomic mass is 9.97. The predicted octanol–water partition coefficient (Wildman–Crippen LogP) is 5.56. The molecule has 2 fully saturated rings. The first kappa shape index (κ1) is 25.3. The van der Waals surface area contributed by atoms with Crippen molar-refractivity contribution < 1.29 is 13.9 Å². The second-order valence-corrected chi connectivity index (χ2v) is 10.5. The molecule has 0 unspecified atom stereocenters. The molecule has 2 saturated heterocycles. The van der Waals surface area contributed by atoms with Gasteiger partial charge in [-0.25, -0.2) is 4.39 Å². The fraction of sp³-hybridized carbons (Fsp3) is 0.536. The summed E-state index contributed by atoms with van der Waals surface area (Å²) >= 11 is 0. The number of hydrogen-bond acceptors (Lipinski definition) is 5. The zero-order valence-electron chi connectivity index (χ0n) is 20.8. The molecular formula is C28H36FN3O3. The molecule has 0 aromatic heterocycles. The highest BCUT2D eigenvalue weighted by atomic mass is 19.1. The molecule has 7 heteroatoms. The van der Waals surface area contributed by atoms with Gasteiger partial charge >= 0.3 is 0 Å². The number of carbonyl (C=O) groups excluding carboxylic acids is 1. The van der Waals surface area contributed by atoms with Gasteiger partial charge in [-0.15, -0.1) is 0 Å². The normalized spacial score (nSPS) is 19.6. The van der Waals surface area contributed by atoms with Gasteiger partial charge in [-0.1, -0.05) is 29.4 Å². The van der Waals surface area contributed by atoms with E-state index in [1.54, 1.807) is 18.7 Å². The van der Waals surface area contributed by atoms with Crippen molar-refractivity contribution in [3.05, 3.63) is 59.0 Å². The first-order valence-corrected chi connectivity index (χ1v) is 12.7. The maximum Gasteiger partial charge on any atom is 0.254 e.